The monoisotopic (exact) mass is 290 g/mol. The molecule has 1 aromatic carbocycles. The summed E-state index contributed by atoms with van der Waals surface area (Å²) in [4.78, 5) is 18.1. The van der Waals surface area contributed by atoms with Crippen molar-refractivity contribution >= 4 is 23.3 Å². The molecule has 1 aromatic heterocycles. The Hall–Kier alpha value is -1.91. The quantitative estimate of drug-likeness (QED) is 0.946. The summed E-state index contributed by atoms with van der Waals surface area (Å²) in [6.45, 7) is 1.77. The third-order valence-electron chi connectivity index (χ3n) is 3.08. The van der Waals surface area contributed by atoms with E-state index in [0.717, 1.165) is 5.56 Å². The van der Waals surface area contributed by atoms with Crippen molar-refractivity contribution in [3.05, 3.63) is 58.2 Å². The molecule has 0 aliphatic rings. The van der Waals surface area contributed by atoms with E-state index in [1.54, 1.807) is 31.4 Å². The normalized spacial score (nSPS) is 10.4. The number of nitrogens with zero attached hydrogens (tertiary/aromatic N) is 2. The van der Waals surface area contributed by atoms with Gasteiger partial charge in [-0.2, -0.15) is 0 Å². The van der Waals surface area contributed by atoms with Crippen LogP contribution in [0.5, 0.6) is 0 Å². The summed E-state index contributed by atoms with van der Waals surface area (Å²) in [5.74, 6) is 0.295. The van der Waals surface area contributed by atoms with Gasteiger partial charge < -0.3 is 5.11 Å². The molecule has 1 amide bonds. The zero-order valence-electron chi connectivity index (χ0n) is 11.3. The van der Waals surface area contributed by atoms with Gasteiger partial charge in [0.05, 0.1) is 17.2 Å². The minimum absolute atomic E-state index is 0.0748. The fraction of sp³-hybridized carbons (Fsp3) is 0.200. The van der Waals surface area contributed by atoms with Crippen molar-refractivity contribution in [2.45, 2.75) is 13.5 Å². The summed E-state index contributed by atoms with van der Waals surface area (Å²) in [6, 6.07) is 8.76. The molecule has 0 aliphatic carbocycles. The average molecular weight is 291 g/mol. The summed E-state index contributed by atoms with van der Waals surface area (Å²) in [5, 5.41) is 9.41. The lowest BCUT2D eigenvalue weighted by atomic mass is 10.1. The lowest BCUT2D eigenvalue weighted by molar-refractivity contribution is 0.0992. The van der Waals surface area contributed by atoms with Crippen molar-refractivity contribution in [1.29, 1.82) is 0 Å². The van der Waals surface area contributed by atoms with Crippen molar-refractivity contribution in [2.24, 2.45) is 0 Å². The molecule has 104 valence electrons. The second kappa shape index (κ2) is 6.03. The summed E-state index contributed by atoms with van der Waals surface area (Å²) >= 11 is 6.10. The Balaban J connectivity index is 2.32. The van der Waals surface area contributed by atoms with Gasteiger partial charge in [-0.15, -0.1) is 0 Å². The third-order valence-corrected chi connectivity index (χ3v) is 3.39. The zero-order chi connectivity index (χ0) is 14.7. The van der Waals surface area contributed by atoms with E-state index in [1.807, 2.05) is 19.1 Å². The molecule has 1 N–H and O–H groups in total. The number of aliphatic hydroxyl groups is 1. The number of halogens is 1. The second-order valence-electron chi connectivity index (χ2n) is 4.48. The number of pyridine rings is 1. The molecule has 0 radical (unpaired) electrons. The summed E-state index contributed by atoms with van der Waals surface area (Å²) in [7, 11) is 1.64. The summed E-state index contributed by atoms with van der Waals surface area (Å²) in [5.41, 5.74) is 1.99. The van der Waals surface area contributed by atoms with Crippen LogP contribution < -0.4 is 4.90 Å². The topological polar surface area (TPSA) is 53.4 Å². The molecule has 0 fully saturated rings. The molecule has 4 nitrogen and oxygen atoms in total. The Morgan fingerprint density at radius 1 is 1.35 bits per heavy atom. The van der Waals surface area contributed by atoms with Gasteiger partial charge in [0.15, 0.2) is 0 Å². The van der Waals surface area contributed by atoms with Crippen molar-refractivity contribution < 1.29 is 9.90 Å². The Morgan fingerprint density at radius 2 is 2.10 bits per heavy atom. The van der Waals surface area contributed by atoms with E-state index >= 15 is 0 Å². The van der Waals surface area contributed by atoms with Crippen molar-refractivity contribution in [3.63, 3.8) is 0 Å². The highest BCUT2D eigenvalue weighted by Gasteiger charge is 2.19. The van der Waals surface area contributed by atoms with Gasteiger partial charge in [0, 0.05) is 13.2 Å². The number of hydrogen-bond acceptors (Lipinski definition) is 3. The second-order valence-corrected chi connectivity index (χ2v) is 4.89. The van der Waals surface area contributed by atoms with Gasteiger partial charge in [-0.3, -0.25) is 9.69 Å². The number of hydrogen-bond donors (Lipinski definition) is 1. The maximum Gasteiger partial charge on any atom is 0.260 e. The molecule has 0 spiro atoms. The van der Waals surface area contributed by atoms with Crippen molar-refractivity contribution in [3.8, 4) is 0 Å². The number of anilines is 1. The first-order valence-corrected chi connectivity index (χ1v) is 6.51. The Morgan fingerprint density at radius 3 is 2.65 bits per heavy atom. The molecule has 5 heteroatoms. The van der Waals surface area contributed by atoms with Gasteiger partial charge in [0.25, 0.3) is 5.91 Å². The minimum atomic E-state index is -0.211. The lowest BCUT2D eigenvalue weighted by Crippen LogP contribution is -2.28. The van der Waals surface area contributed by atoms with Crippen LogP contribution in [0.25, 0.3) is 0 Å². The molecule has 1 heterocycles. The number of aliphatic hydroxyl groups excluding tert-OH is 1. The molecule has 0 atom stereocenters. The Bertz CT molecular complexity index is 606. The lowest BCUT2D eigenvalue weighted by Gasteiger charge is -2.18. The maximum absolute atomic E-state index is 12.5. The number of aryl methyl sites for hydroxylation is 1. The number of carbonyl (C=O) groups is 1. The molecule has 2 aromatic rings. The van der Waals surface area contributed by atoms with Crippen LogP contribution in [-0.2, 0) is 6.61 Å². The van der Waals surface area contributed by atoms with Crippen LogP contribution in [0, 0.1) is 6.92 Å². The largest absolute Gasteiger partial charge is 0.392 e. The first-order chi connectivity index (χ1) is 9.54. The summed E-state index contributed by atoms with van der Waals surface area (Å²) in [6.07, 6.45) is 1.54. The van der Waals surface area contributed by atoms with Crippen LogP contribution >= 0.6 is 11.6 Å². The fourth-order valence-electron chi connectivity index (χ4n) is 1.88. The standard InChI is InChI=1S/C15H15ClN2O2/c1-10-4-3-5-12(16)14(10)15(20)18(2)13-7-6-11(9-19)8-17-13/h3-8,19H,9H2,1-2H3. The molecular formula is C15H15ClN2O2. The maximum atomic E-state index is 12.5. The molecule has 0 saturated heterocycles. The molecule has 0 aliphatic heterocycles. The predicted octanol–water partition coefficient (Wildman–Crippen LogP) is 2.81. The van der Waals surface area contributed by atoms with Crippen LogP contribution in [-0.4, -0.2) is 23.0 Å². The molecule has 0 unspecified atom stereocenters. The van der Waals surface area contributed by atoms with Crippen LogP contribution in [0.15, 0.2) is 36.5 Å². The highest BCUT2D eigenvalue weighted by molar-refractivity contribution is 6.34. The van der Waals surface area contributed by atoms with E-state index in [0.29, 0.717) is 22.0 Å². The predicted molar refractivity (Wildman–Crippen MR) is 79.1 cm³/mol. The minimum Gasteiger partial charge on any atom is -0.392 e. The number of carbonyl (C=O) groups excluding carboxylic acids is 1. The van der Waals surface area contributed by atoms with Gasteiger partial charge in [0.2, 0.25) is 0 Å². The van der Waals surface area contributed by atoms with Gasteiger partial charge in [-0.05, 0) is 30.2 Å². The number of benzene rings is 1. The Kier molecular flexibility index (Phi) is 4.37. The van der Waals surface area contributed by atoms with Crippen LogP contribution in [0.3, 0.4) is 0 Å². The molecule has 20 heavy (non-hydrogen) atoms. The number of amides is 1. The zero-order valence-corrected chi connectivity index (χ0v) is 12.1. The van der Waals surface area contributed by atoms with E-state index in [-0.39, 0.29) is 12.5 Å². The number of aromatic nitrogens is 1. The van der Waals surface area contributed by atoms with Gasteiger partial charge >= 0.3 is 0 Å². The van der Waals surface area contributed by atoms with Crippen molar-refractivity contribution in [1.82, 2.24) is 4.98 Å². The molecule has 0 bridgehead atoms. The van der Waals surface area contributed by atoms with E-state index in [1.165, 1.54) is 4.90 Å². The first-order valence-electron chi connectivity index (χ1n) is 6.13. The molecule has 0 saturated carbocycles. The molecule has 2 rings (SSSR count). The van der Waals surface area contributed by atoms with E-state index in [9.17, 15) is 4.79 Å². The van der Waals surface area contributed by atoms with Gasteiger partial charge in [0.1, 0.15) is 5.82 Å². The third kappa shape index (κ3) is 2.81. The van der Waals surface area contributed by atoms with Crippen LogP contribution in [0.4, 0.5) is 5.82 Å². The first kappa shape index (κ1) is 14.5. The highest BCUT2D eigenvalue weighted by Crippen LogP contribution is 2.22. The van der Waals surface area contributed by atoms with Crippen LogP contribution in [0.1, 0.15) is 21.5 Å². The summed E-state index contributed by atoms with van der Waals surface area (Å²) < 4.78 is 0. The van der Waals surface area contributed by atoms with E-state index in [2.05, 4.69) is 4.98 Å². The van der Waals surface area contributed by atoms with Gasteiger partial charge in [-0.25, -0.2) is 4.98 Å². The van der Waals surface area contributed by atoms with Crippen molar-refractivity contribution in [2.75, 3.05) is 11.9 Å². The SMILES string of the molecule is Cc1cccc(Cl)c1C(=O)N(C)c1ccc(CO)cn1. The van der Waals surface area contributed by atoms with Crippen LogP contribution in [0.2, 0.25) is 5.02 Å². The molecular weight excluding hydrogens is 276 g/mol. The fourth-order valence-corrected chi connectivity index (χ4v) is 2.19. The van der Waals surface area contributed by atoms with Gasteiger partial charge in [-0.1, -0.05) is 29.8 Å². The Labute approximate surface area is 122 Å². The highest BCUT2D eigenvalue weighted by atomic mass is 35.5. The number of rotatable bonds is 3. The van der Waals surface area contributed by atoms with E-state index < -0.39 is 0 Å². The van der Waals surface area contributed by atoms with E-state index in [4.69, 9.17) is 16.7 Å². The average Bonchev–Trinajstić information content (AvgIpc) is 2.46. The smallest absolute Gasteiger partial charge is 0.260 e.